The largest absolute Gasteiger partial charge is 0.504 e. The lowest BCUT2D eigenvalue weighted by atomic mass is 10.1. The average Bonchev–Trinajstić information content (AvgIpc) is 2.49. The minimum absolute atomic E-state index is 0.0232. The Labute approximate surface area is 129 Å². The first-order valence-corrected chi connectivity index (χ1v) is 6.54. The molecule has 2 rings (SSSR count). The zero-order valence-corrected chi connectivity index (χ0v) is 11.8. The Kier molecular flexibility index (Phi) is 5.17. The SMILES string of the molecule is O=C(Nc1ncccc1O)c1ccc(COCC(F)(F)F)cc1. The van der Waals surface area contributed by atoms with Crippen LogP contribution in [0.2, 0.25) is 0 Å². The molecule has 0 fully saturated rings. The summed E-state index contributed by atoms with van der Waals surface area (Å²) in [6.45, 7) is -1.53. The minimum atomic E-state index is -4.37. The van der Waals surface area contributed by atoms with Crippen LogP contribution in [0.5, 0.6) is 5.75 Å². The fraction of sp³-hybridized carbons (Fsp3) is 0.200. The second-order valence-electron chi connectivity index (χ2n) is 4.63. The number of nitrogens with one attached hydrogen (secondary N) is 1. The summed E-state index contributed by atoms with van der Waals surface area (Å²) in [5, 5.41) is 12.0. The van der Waals surface area contributed by atoms with E-state index in [1.807, 2.05) is 0 Å². The fourth-order valence-corrected chi connectivity index (χ4v) is 1.71. The first-order valence-electron chi connectivity index (χ1n) is 6.54. The summed E-state index contributed by atoms with van der Waals surface area (Å²) in [6, 6.07) is 8.76. The highest BCUT2D eigenvalue weighted by Gasteiger charge is 2.27. The van der Waals surface area contributed by atoms with Gasteiger partial charge < -0.3 is 15.2 Å². The van der Waals surface area contributed by atoms with Gasteiger partial charge in [0.25, 0.3) is 5.91 Å². The monoisotopic (exact) mass is 326 g/mol. The molecule has 0 aliphatic carbocycles. The normalized spacial score (nSPS) is 11.3. The molecular formula is C15H13F3N2O3. The standard InChI is InChI=1S/C15H13F3N2O3/c16-15(17,18)9-23-8-10-3-5-11(6-4-10)14(22)20-13-12(21)2-1-7-19-13/h1-7,21H,8-9H2,(H,19,20,22). The van der Waals surface area contributed by atoms with Crippen LogP contribution in [0.3, 0.4) is 0 Å². The molecule has 0 saturated carbocycles. The van der Waals surface area contributed by atoms with Gasteiger partial charge in [-0.15, -0.1) is 0 Å². The van der Waals surface area contributed by atoms with Crippen LogP contribution in [-0.4, -0.2) is 28.8 Å². The highest BCUT2D eigenvalue weighted by Crippen LogP contribution is 2.19. The molecule has 0 aliphatic rings. The van der Waals surface area contributed by atoms with Crippen LogP contribution in [0.1, 0.15) is 15.9 Å². The second-order valence-corrected chi connectivity index (χ2v) is 4.63. The highest BCUT2D eigenvalue weighted by molar-refractivity contribution is 6.04. The minimum Gasteiger partial charge on any atom is -0.504 e. The molecule has 0 saturated heterocycles. The van der Waals surface area contributed by atoms with Crippen LogP contribution in [0.15, 0.2) is 42.6 Å². The Hall–Kier alpha value is -2.61. The van der Waals surface area contributed by atoms with Crippen LogP contribution < -0.4 is 5.32 Å². The number of aromatic nitrogens is 1. The number of pyridine rings is 1. The van der Waals surface area contributed by atoms with Crippen molar-refractivity contribution in [2.24, 2.45) is 0 Å². The molecule has 1 aromatic carbocycles. The summed E-state index contributed by atoms with van der Waals surface area (Å²) in [4.78, 5) is 15.8. The topological polar surface area (TPSA) is 71.5 Å². The zero-order chi connectivity index (χ0) is 16.9. The van der Waals surface area contributed by atoms with Gasteiger partial charge in [-0.05, 0) is 29.8 Å². The summed E-state index contributed by atoms with van der Waals surface area (Å²) in [5.41, 5.74) is 0.779. The molecule has 23 heavy (non-hydrogen) atoms. The summed E-state index contributed by atoms with van der Waals surface area (Å²) < 4.78 is 40.4. The number of carbonyl (C=O) groups excluding carboxylic acids is 1. The van der Waals surface area contributed by atoms with Gasteiger partial charge >= 0.3 is 6.18 Å². The third-order valence-electron chi connectivity index (χ3n) is 2.77. The Balaban J connectivity index is 1.94. The number of aromatic hydroxyl groups is 1. The maximum Gasteiger partial charge on any atom is 0.411 e. The average molecular weight is 326 g/mol. The lowest BCUT2D eigenvalue weighted by Gasteiger charge is -2.09. The third kappa shape index (κ3) is 5.26. The van der Waals surface area contributed by atoms with E-state index in [0.717, 1.165) is 0 Å². The molecule has 2 aromatic rings. The van der Waals surface area contributed by atoms with Gasteiger partial charge in [-0.3, -0.25) is 4.79 Å². The van der Waals surface area contributed by atoms with Crippen molar-refractivity contribution in [1.29, 1.82) is 0 Å². The van der Waals surface area contributed by atoms with Crippen molar-refractivity contribution in [2.45, 2.75) is 12.8 Å². The molecule has 2 N–H and O–H groups in total. The first-order chi connectivity index (χ1) is 10.8. The predicted octanol–water partition coefficient (Wildman–Crippen LogP) is 3.12. The van der Waals surface area contributed by atoms with Gasteiger partial charge in [-0.2, -0.15) is 13.2 Å². The second kappa shape index (κ2) is 7.10. The number of benzene rings is 1. The van der Waals surface area contributed by atoms with E-state index < -0.39 is 18.7 Å². The number of anilines is 1. The van der Waals surface area contributed by atoms with E-state index in [0.29, 0.717) is 5.56 Å². The molecular weight excluding hydrogens is 313 g/mol. The number of amides is 1. The molecule has 1 amide bonds. The number of rotatable bonds is 5. The Bertz CT molecular complexity index is 672. The summed E-state index contributed by atoms with van der Waals surface area (Å²) in [7, 11) is 0. The third-order valence-corrected chi connectivity index (χ3v) is 2.77. The predicted molar refractivity (Wildman–Crippen MR) is 76.0 cm³/mol. The van der Waals surface area contributed by atoms with Crippen molar-refractivity contribution in [3.05, 3.63) is 53.7 Å². The molecule has 0 radical (unpaired) electrons. The number of halogens is 3. The maximum atomic E-state index is 12.0. The van der Waals surface area contributed by atoms with Gasteiger partial charge in [-0.1, -0.05) is 12.1 Å². The van der Waals surface area contributed by atoms with Crippen LogP contribution in [0, 0.1) is 0 Å². The lowest BCUT2D eigenvalue weighted by Crippen LogP contribution is -2.16. The van der Waals surface area contributed by atoms with Gasteiger partial charge in [-0.25, -0.2) is 4.98 Å². The van der Waals surface area contributed by atoms with Crippen LogP contribution in [-0.2, 0) is 11.3 Å². The molecule has 1 aromatic heterocycles. The highest BCUT2D eigenvalue weighted by atomic mass is 19.4. The van der Waals surface area contributed by atoms with Gasteiger partial charge in [0.2, 0.25) is 0 Å². The number of hydrogen-bond donors (Lipinski definition) is 2. The Morgan fingerprint density at radius 1 is 1.22 bits per heavy atom. The smallest absolute Gasteiger partial charge is 0.411 e. The fourth-order valence-electron chi connectivity index (χ4n) is 1.71. The molecule has 0 atom stereocenters. The van der Waals surface area contributed by atoms with Crippen LogP contribution in [0.25, 0.3) is 0 Å². The van der Waals surface area contributed by atoms with E-state index in [9.17, 15) is 23.1 Å². The number of ether oxygens (including phenoxy) is 1. The van der Waals surface area contributed by atoms with E-state index in [1.165, 1.54) is 42.6 Å². The molecule has 0 bridgehead atoms. The molecule has 122 valence electrons. The molecule has 8 heteroatoms. The van der Waals surface area contributed by atoms with Crippen LogP contribution in [0.4, 0.5) is 19.0 Å². The molecule has 0 spiro atoms. The van der Waals surface area contributed by atoms with E-state index in [1.54, 1.807) is 0 Å². The Morgan fingerprint density at radius 2 is 1.91 bits per heavy atom. The quantitative estimate of drug-likeness (QED) is 0.885. The van der Waals surface area contributed by atoms with Crippen molar-refractivity contribution in [3.8, 4) is 5.75 Å². The summed E-state index contributed by atoms with van der Waals surface area (Å²) in [5.74, 6) is -0.644. The summed E-state index contributed by atoms with van der Waals surface area (Å²) >= 11 is 0. The van der Waals surface area contributed by atoms with E-state index in [4.69, 9.17) is 0 Å². The first kappa shape index (κ1) is 16.8. The van der Waals surface area contributed by atoms with Gasteiger partial charge in [0.05, 0.1) is 6.61 Å². The summed E-state index contributed by atoms with van der Waals surface area (Å²) in [6.07, 6.45) is -2.96. The number of carbonyl (C=O) groups is 1. The van der Waals surface area contributed by atoms with Crippen molar-refractivity contribution >= 4 is 11.7 Å². The van der Waals surface area contributed by atoms with E-state index in [2.05, 4.69) is 15.0 Å². The molecule has 0 aliphatic heterocycles. The number of nitrogens with zero attached hydrogens (tertiary/aromatic N) is 1. The van der Waals surface area contributed by atoms with E-state index >= 15 is 0 Å². The van der Waals surface area contributed by atoms with E-state index in [-0.39, 0.29) is 23.7 Å². The maximum absolute atomic E-state index is 12.0. The van der Waals surface area contributed by atoms with Crippen LogP contribution >= 0.6 is 0 Å². The van der Waals surface area contributed by atoms with Gasteiger partial charge in [0, 0.05) is 11.8 Å². The van der Waals surface area contributed by atoms with Crippen molar-refractivity contribution < 1.29 is 27.8 Å². The Morgan fingerprint density at radius 3 is 2.52 bits per heavy atom. The molecule has 1 heterocycles. The molecule has 5 nitrogen and oxygen atoms in total. The van der Waals surface area contributed by atoms with Crippen molar-refractivity contribution in [3.63, 3.8) is 0 Å². The number of alkyl halides is 3. The number of hydrogen-bond acceptors (Lipinski definition) is 4. The zero-order valence-electron chi connectivity index (χ0n) is 11.8. The molecule has 0 unspecified atom stereocenters. The van der Waals surface area contributed by atoms with Gasteiger partial charge in [0.1, 0.15) is 6.61 Å². The van der Waals surface area contributed by atoms with Crippen molar-refractivity contribution in [1.82, 2.24) is 4.98 Å². The van der Waals surface area contributed by atoms with Crippen molar-refractivity contribution in [2.75, 3.05) is 11.9 Å². The lowest BCUT2D eigenvalue weighted by molar-refractivity contribution is -0.176. The van der Waals surface area contributed by atoms with Gasteiger partial charge in [0.15, 0.2) is 11.6 Å².